The number of hydrogen-bond acceptors (Lipinski definition) is 4. The van der Waals surface area contributed by atoms with Crippen molar-refractivity contribution in [2.75, 3.05) is 6.61 Å². The van der Waals surface area contributed by atoms with Gasteiger partial charge in [-0.25, -0.2) is 0 Å². The molecule has 4 nitrogen and oxygen atoms in total. The molecule has 14 heavy (non-hydrogen) atoms. The molecule has 0 radical (unpaired) electrons. The monoisotopic (exact) mass is 216 g/mol. The molecule has 1 rings (SSSR count). The zero-order valence-electron chi connectivity index (χ0n) is 8.62. The van der Waals surface area contributed by atoms with Gasteiger partial charge in [0, 0.05) is 6.61 Å². The van der Waals surface area contributed by atoms with Crippen LogP contribution >= 0.6 is 0 Å². The first-order valence-corrected chi connectivity index (χ1v) is 6.43. The standard InChI is InChI=1S/C9H16O4Si/c1-3-5-6-7(14-12-4-2)9(11)13-8(6)10/h6-7H,3-5,14H2,1-2H3. The molecule has 5 heteroatoms. The highest BCUT2D eigenvalue weighted by Crippen LogP contribution is 2.31. The van der Waals surface area contributed by atoms with E-state index in [1.165, 1.54) is 0 Å². The summed E-state index contributed by atoms with van der Waals surface area (Å²) in [6.45, 7) is 4.50. The van der Waals surface area contributed by atoms with E-state index in [1.54, 1.807) is 0 Å². The van der Waals surface area contributed by atoms with E-state index >= 15 is 0 Å². The van der Waals surface area contributed by atoms with Gasteiger partial charge in [0.1, 0.15) is 0 Å². The first kappa shape index (κ1) is 11.4. The molecule has 0 aromatic heterocycles. The van der Waals surface area contributed by atoms with Crippen LogP contribution in [0.5, 0.6) is 0 Å². The topological polar surface area (TPSA) is 52.6 Å². The predicted molar refractivity (Wildman–Crippen MR) is 53.4 cm³/mol. The number of cyclic esters (lactones) is 2. The van der Waals surface area contributed by atoms with Crippen LogP contribution in [0.1, 0.15) is 26.7 Å². The molecule has 0 amide bonds. The van der Waals surface area contributed by atoms with Gasteiger partial charge in [0.25, 0.3) is 0 Å². The zero-order chi connectivity index (χ0) is 10.6. The Morgan fingerprint density at radius 1 is 1.36 bits per heavy atom. The van der Waals surface area contributed by atoms with E-state index in [1.807, 2.05) is 13.8 Å². The number of hydrogen-bond donors (Lipinski definition) is 0. The molecule has 1 saturated heterocycles. The fraction of sp³-hybridized carbons (Fsp3) is 0.778. The molecule has 1 aliphatic rings. The molecule has 0 saturated carbocycles. The van der Waals surface area contributed by atoms with E-state index in [9.17, 15) is 9.59 Å². The van der Waals surface area contributed by atoms with Gasteiger partial charge in [0.2, 0.25) is 0 Å². The van der Waals surface area contributed by atoms with Crippen molar-refractivity contribution in [1.29, 1.82) is 0 Å². The fourth-order valence-corrected chi connectivity index (χ4v) is 3.01. The lowest BCUT2D eigenvalue weighted by atomic mass is 10.0. The second-order valence-electron chi connectivity index (χ2n) is 3.40. The third-order valence-electron chi connectivity index (χ3n) is 2.39. The first-order valence-electron chi connectivity index (χ1n) is 5.04. The summed E-state index contributed by atoms with van der Waals surface area (Å²) in [4.78, 5) is 22.6. The Bertz CT molecular complexity index is 229. The predicted octanol–water partition coefficient (Wildman–Crippen LogP) is 0.395. The smallest absolute Gasteiger partial charge is 0.317 e. The molecule has 2 unspecified atom stereocenters. The van der Waals surface area contributed by atoms with Crippen LogP contribution in [0.2, 0.25) is 5.54 Å². The molecule has 1 heterocycles. The maximum atomic E-state index is 11.3. The van der Waals surface area contributed by atoms with Crippen LogP contribution in [0.25, 0.3) is 0 Å². The lowest BCUT2D eigenvalue weighted by molar-refractivity contribution is -0.153. The van der Waals surface area contributed by atoms with Crippen molar-refractivity contribution in [2.24, 2.45) is 5.92 Å². The minimum absolute atomic E-state index is 0.231. The van der Waals surface area contributed by atoms with Gasteiger partial charge < -0.3 is 9.16 Å². The number of ether oxygens (including phenoxy) is 1. The summed E-state index contributed by atoms with van der Waals surface area (Å²) in [6.07, 6.45) is 1.62. The Hall–Kier alpha value is -0.683. The van der Waals surface area contributed by atoms with E-state index in [2.05, 4.69) is 4.74 Å². The molecule has 2 atom stereocenters. The molecule has 1 aliphatic heterocycles. The van der Waals surface area contributed by atoms with Gasteiger partial charge in [-0.3, -0.25) is 9.59 Å². The van der Waals surface area contributed by atoms with E-state index in [0.717, 1.165) is 12.8 Å². The second kappa shape index (κ2) is 5.26. The summed E-state index contributed by atoms with van der Waals surface area (Å²) in [5.74, 6) is -0.951. The first-order chi connectivity index (χ1) is 6.70. The van der Waals surface area contributed by atoms with Gasteiger partial charge in [-0.05, 0) is 13.3 Å². The number of esters is 2. The lowest BCUT2D eigenvalue weighted by Gasteiger charge is -2.11. The quantitative estimate of drug-likeness (QED) is 0.379. The van der Waals surface area contributed by atoms with Gasteiger partial charge in [-0.1, -0.05) is 13.3 Å². The lowest BCUT2D eigenvalue weighted by Crippen LogP contribution is -2.20. The van der Waals surface area contributed by atoms with Crippen molar-refractivity contribution in [3.8, 4) is 0 Å². The average Bonchev–Trinajstić information content (AvgIpc) is 2.40. The van der Waals surface area contributed by atoms with Crippen molar-refractivity contribution in [1.82, 2.24) is 0 Å². The summed E-state index contributed by atoms with van der Waals surface area (Å²) in [5.41, 5.74) is -0.248. The molecule has 0 N–H and O–H groups in total. The summed E-state index contributed by atoms with van der Waals surface area (Å²) in [5, 5.41) is 0. The Morgan fingerprint density at radius 3 is 2.64 bits per heavy atom. The summed E-state index contributed by atoms with van der Waals surface area (Å²) in [6, 6.07) is 0. The summed E-state index contributed by atoms with van der Waals surface area (Å²) in [7, 11) is -0.955. The molecule has 80 valence electrons. The normalized spacial score (nSPS) is 27.6. The van der Waals surface area contributed by atoms with Gasteiger partial charge in [-0.2, -0.15) is 0 Å². The Labute approximate surface area is 85.9 Å². The molecule has 0 aliphatic carbocycles. The molecule has 0 spiro atoms. The van der Waals surface area contributed by atoms with Crippen molar-refractivity contribution in [3.05, 3.63) is 0 Å². The van der Waals surface area contributed by atoms with Gasteiger partial charge >= 0.3 is 11.9 Å². The van der Waals surface area contributed by atoms with Crippen LogP contribution < -0.4 is 0 Å². The van der Waals surface area contributed by atoms with Gasteiger partial charge in [0.05, 0.1) is 11.5 Å². The third-order valence-corrected chi connectivity index (χ3v) is 4.30. The van der Waals surface area contributed by atoms with Crippen molar-refractivity contribution >= 4 is 21.7 Å². The van der Waals surface area contributed by atoms with Crippen molar-refractivity contribution < 1.29 is 18.8 Å². The van der Waals surface area contributed by atoms with Crippen LogP contribution in [-0.4, -0.2) is 28.3 Å². The molecular weight excluding hydrogens is 200 g/mol. The largest absolute Gasteiger partial charge is 0.423 e. The third kappa shape index (κ3) is 2.42. The van der Waals surface area contributed by atoms with E-state index in [0.29, 0.717) is 6.61 Å². The summed E-state index contributed by atoms with van der Waals surface area (Å²) < 4.78 is 9.91. The number of rotatable bonds is 5. The van der Waals surface area contributed by atoms with Crippen LogP contribution in [0.3, 0.4) is 0 Å². The molecule has 1 fully saturated rings. The van der Waals surface area contributed by atoms with E-state index in [4.69, 9.17) is 4.43 Å². The highest BCUT2D eigenvalue weighted by molar-refractivity contribution is 6.39. The highest BCUT2D eigenvalue weighted by Gasteiger charge is 2.43. The number of carbonyl (C=O) groups excluding carboxylic acids is 2. The maximum absolute atomic E-state index is 11.3. The average molecular weight is 216 g/mol. The Kier molecular flexibility index (Phi) is 4.28. The minimum Gasteiger partial charge on any atom is -0.423 e. The molecule has 0 bridgehead atoms. The van der Waals surface area contributed by atoms with Gasteiger partial charge in [0.15, 0.2) is 9.76 Å². The van der Waals surface area contributed by atoms with Crippen LogP contribution in [0, 0.1) is 5.92 Å². The highest BCUT2D eigenvalue weighted by atomic mass is 28.2. The van der Waals surface area contributed by atoms with Crippen molar-refractivity contribution in [3.63, 3.8) is 0 Å². The van der Waals surface area contributed by atoms with Crippen molar-refractivity contribution in [2.45, 2.75) is 32.2 Å². The van der Waals surface area contributed by atoms with Crippen LogP contribution in [-0.2, 0) is 18.8 Å². The van der Waals surface area contributed by atoms with Crippen LogP contribution in [0.4, 0.5) is 0 Å². The molecule has 0 aromatic rings. The second-order valence-corrected chi connectivity index (χ2v) is 5.02. The maximum Gasteiger partial charge on any atom is 0.317 e. The van der Waals surface area contributed by atoms with Gasteiger partial charge in [-0.15, -0.1) is 0 Å². The Balaban J connectivity index is 2.58. The fourth-order valence-electron chi connectivity index (χ4n) is 1.64. The van der Waals surface area contributed by atoms with E-state index in [-0.39, 0.29) is 23.4 Å². The van der Waals surface area contributed by atoms with Crippen LogP contribution in [0.15, 0.2) is 0 Å². The summed E-state index contributed by atoms with van der Waals surface area (Å²) >= 11 is 0. The zero-order valence-corrected chi connectivity index (χ0v) is 10.0. The molecular formula is C9H16O4Si. The SMILES string of the molecule is CCCC1C(=O)OC(=O)C1[SiH2]OCC. The molecule has 0 aromatic carbocycles. The Morgan fingerprint density at radius 2 is 2.07 bits per heavy atom. The number of carbonyl (C=O) groups is 2. The minimum atomic E-state index is -0.955. The van der Waals surface area contributed by atoms with E-state index < -0.39 is 9.76 Å².